The molecule has 0 aliphatic rings. The third-order valence-electron chi connectivity index (χ3n) is 4.18. The number of alkyl halides is 3. The Kier molecular flexibility index (Phi) is 6.61. The molecule has 0 spiro atoms. The third-order valence-corrected chi connectivity index (χ3v) is 4.18. The minimum absolute atomic E-state index is 0.0291. The number of nitrogens with zero attached hydrogens (tertiary/aromatic N) is 3. The highest BCUT2D eigenvalue weighted by atomic mass is 19.4. The number of rotatable bonds is 7. The van der Waals surface area contributed by atoms with Crippen molar-refractivity contribution in [3.8, 4) is 23.0 Å². The van der Waals surface area contributed by atoms with E-state index in [9.17, 15) is 22.4 Å². The molecule has 0 bridgehead atoms. The number of halogens is 4. The van der Waals surface area contributed by atoms with Gasteiger partial charge in [0.25, 0.3) is 5.88 Å². The minimum atomic E-state index is -4.73. The summed E-state index contributed by atoms with van der Waals surface area (Å²) in [7, 11) is 1.17. The Morgan fingerprint density at radius 2 is 1.75 bits per heavy atom. The molecule has 2 aromatic heterocycles. The molecule has 0 amide bonds. The average molecular weight is 455 g/mol. The van der Waals surface area contributed by atoms with E-state index in [-0.39, 0.29) is 30.5 Å². The van der Waals surface area contributed by atoms with E-state index in [0.717, 1.165) is 12.3 Å². The molecule has 8 nitrogen and oxygen atoms in total. The van der Waals surface area contributed by atoms with Crippen LogP contribution in [0.1, 0.15) is 27.4 Å². The predicted octanol–water partition coefficient (Wildman–Crippen LogP) is 4.15. The molecule has 3 rings (SSSR count). The molecule has 3 aromatic rings. The molecular formula is C20H17F4N3O5. The van der Waals surface area contributed by atoms with Crippen LogP contribution in [0.3, 0.4) is 0 Å². The molecule has 0 aliphatic heterocycles. The molecule has 0 aliphatic carbocycles. The van der Waals surface area contributed by atoms with Crippen LogP contribution in [0.25, 0.3) is 11.4 Å². The van der Waals surface area contributed by atoms with Gasteiger partial charge in [-0.15, -0.1) is 0 Å². The zero-order valence-corrected chi connectivity index (χ0v) is 17.1. The number of pyridine rings is 1. The van der Waals surface area contributed by atoms with Crippen molar-refractivity contribution < 1.29 is 41.1 Å². The van der Waals surface area contributed by atoms with Crippen molar-refractivity contribution >= 4 is 5.97 Å². The van der Waals surface area contributed by atoms with Gasteiger partial charge in [-0.2, -0.15) is 18.2 Å². The predicted molar refractivity (Wildman–Crippen MR) is 101 cm³/mol. The zero-order valence-electron chi connectivity index (χ0n) is 17.1. The highest BCUT2D eigenvalue weighted by molar-refractivity contribution is 5.88. The van der Waals surface area contributed by atoms with Crippen molar-refractivity contribution in [1.82, 2.24) is 15.1 Å². The summed E-state index contributed by atoms with van der Waals surface area (Å²) in [5, 5.41) is 3.37. The molecule has 0 radical (unpaired) electrons. The first-order valence-electron chi connectivity index (χ1n) is 9.12. The second-order valence-electron chi connectivity index (χ2n) is 6.56. The summed E-state index contributed by atoms with van der Waals surface area (Å²) >= 11 is 0. The summed E-state index contributed by atoms with van der Waals surface area (Å²) in [6.45, 7) is 3.37. The van der Waals surface area contributed by atoms with E-state index in [2.05, 4.69) is 24.4 Å². The van der Waals surface area contributed by atoms with Crippen LogP contribution in [0.15, 0.2) is 28.9 Å². The van der Waals surface area contributed by atoms with Crippen molar-refractivity contribution in [2.75, 3.05) is 20.3 Å². The first-order valence-corrected chi connectivity index (χ1v) is 9.12. The van der Waals surface area contributed by atoms with Crippen LogP contribution >= 0.6 is 0 Å². The van der Waals surface area contributed by atoms with Gasteiger partial charge in [0.2, 0.25) is 5.82 Å². The molecular weight excluding hydrogens is 438 g/mol. The maximum atomic E-state index is 14.0. The van der Waals surface area contributed by atoms with Crippen molar-refractivity contribution in [2.45, 2.75) is 20.0 Å². The number of carbonyl (C=O) groups excluding carboxylic acids is 1. The van der Waals surface area contributed by atoms with E-state index in [1.165, 1.54) is 7.11 Å². The van der Waals surface area contributed by atoms with Crippen molar-refractivity contribution in [3.63, 3.8) is 0 Å². The summed E-state index contributed by atoms with van der Waals surface area (Å²) in [5.74, 6) is -3.01. The van der Waals surface area contributed by atoms with E-state index in [0.29, 0.717) is 22.4 Å². The summed E-state index contributed by atoms with van der Waals surface area (Å²) in [5.41, 5.74) is 1.51. The molecule has 0 fully saturated rings. The number of methoxy groups -OCH3 is 1. The van der Waals surface area contributed by atoms with Crippen LogP contribution in [-0.2, 0) is 10.9 Å². The van der Waals surface area contributed by atoms with Gasteiger partial charge in [0, 0.05) is 11.8 Å². The van der Waals surface area contributed by atoms with E-state index < -0.39 is 23.9 Å². The Balaban J connectivity index is 1.63. The lowest BCUT2D eigenvalue weighted by Gasteiger charge is -2.14. The summed E-state index contributed by atoms with van der Waals surface area (Å²) in [4.78, 5) is 18.5. The lowest BCUT2D eigenvalue weighted by atomic mass is 10.1. The molecule has 170 valence electrons. The molecule has 0 saturated carbocycles. The van der Waals surface area contributed by atoms with Gasteiger partial charge in [-0.05, 0) is 43.2 Å². The molecule has 12 heteroatoms. The Hall–Kier alpha value is -3.70. The summed E-state index contributed by atoms with van der Waals surface area (Å²) in [6.07, 6.45) is -3.60. The smallest absolute Gasteiger partial charge is 0.471 e. The van der Waals surface area contributed by atoms with Crippen LogP contribution < -0.4 is 9.47 Å². The van der Waals surface area contributed by atoms with Crippen LogP contribution in [0, 0.1) is 19.7 Å². The van der Waals surface area contributed by atoms with Gasteiger partial charge >= 0.3 is 18.0 Å². The van der Waals surface area contributed by atoms with E-state index >= 15 is 0 Å². The Morgan fingerprint density at radius 3 is 2.31 bits per heavy atom. The Bertz CT molecular complexity index is 1110. The topological polar surface area (TPSA) is 96.6 Å². The molecule has 0 N–H and O–H groups in total. The van der Waals surface area contributed by atoms with Gasteiger partial charge < -0.3 is 18.7 Å². The van der Waals surface area contributed by atoms with Gasteiger partial charge in [-0.1, -0.05) is 5.16 Å². The molecule has 0 unspecified atom stereocenters. The van der Waals surface area contributed by atoms with E-state index in [1.807, 2.05) is 0 Å². The fourth-order valence-corrected chi connectivity index (χ4v) is 2.81. The lowest BCUT2D eigenvalue weighted by molar-refractivity contribution is -0.159. The number of aryl methyl sites for hydroxylation is 2. The third kappa shape index (κ3) is 5.13. The molecule has 32 heavy (non-hydrogen) atoms. The first kappa shape index (κ1) is 23.0. The quantitative estimate of drug-likeness (QED) is 0.298. The number of benzene rings is 1. The molecule has 0 saturated heterocycles. The van der Waals surface area contributed by atoms with Crippen LogP contribution in [0.4, 0.5) is 17.6 Å². The minimum Gasteiger partial charge on any atom is -0.489 e. The molecule has 0 atom stereocenters. The second-order valence-corrected chi connectivity index (χ2v) is 6.56. The largest absolute Gasteiger partial charge is 0.489 e. The van der Waals surface area contributed by atoms with Gasteiger partial charge in [-0.3, -0.25) is 0 Å². The van der Waals surface area contributed by atoms with Crippen molar-refractivity contribution in [3.05, 3.63) is 52.8 Å². The fraction of sp³-hybridized carbons (Fsp3) is 0.300. The van der Waals surface area contributed by atoms with E-state index in [4.69, 9.17) is 9.47 Å². The Labute approximate surface area is 179 Å². The number of hydrogen-bond acceptors (Lipinski definition) is 8. The van der Waals surface area contributed by atoms with Crippen LogP contribution in [-0.4, -0.2) is 41.4 Å². The maximum Gasteiger partial charge on any atom is 0.471 e. The standard InChI is InChI=1S/C20H17F4N3O5/c1-10-6-12(16-26-19(32-27-16)20(22,23)24)7-11(2)15(10)30-4-5-31-17-14(21)8-13(9-25-17)18(28)29-3/h6-9H,4-5H2,1-3H3. The Morgan fingerprint density at radius 1 is 1.09 bits per heavy atom. The van der Waals surface area contributed by atoms with Crippen molar-refractivity contribution in [1.29, 1.82) is 0 Å². The summed E-state index contributed by atoms with van der Waals surface area (Å²) in [6, 6.07) is 4.06. The fourth-order valence-electron chi connectivity index (χ4n) is 2.81. The maximum absolute atomic E-state index is 14.0. The first-order chi connectivity index (χ1) is 15.1. The van der Waals surface area contributed by atoms with Gasteiger partial charge in [0.05, 0.1) is 12.7 Å². The zero-order chi connectivity index (χ0) is 23.5. The SMILES string of the molecule is COC(=O)c1cnc(OCCOc2c(C)cc(-c3noc(C(F)(F)F)n3)cc2C)c(F)c1. The molecule has 2 heterocycles. The van der Waals surface area contributed by atoms with Gasteiger partial charge in [-0.25, -0.2) is 14.2 Å². The number of esters is 1. The van der Waals surface area contributed by atoms with E-state index in [1.54, 1.807) is 26.0 Å². The normalized spacial score (nSPS) is 11.3. The number of carbonyl (C=O) groups is 1. The number of aromatic nitrogens is 3. The average Bonchev–Trinajstić information content (AvgIpc) is 3.23. The number of ether oxygens (including phenoxy) is 3. The highest BCUT2D eigenvalue weighted by Crippen LogP contribution is 2.32. The lowest BCUT2D eigenvalue weighted by Crippen LogP contribution is -2.12. The monoisotopic (exact) mass is 455 g/mol. The van der Waals surface area contributed by atoms with Gasteiger partial charge in [0.15, 0.2) is 5.82 Å². The van der Waals surface area contributed by atoms with Crippen LogP contribution in [0.2, 0.25) is 0 Å². The van der Waals surface area contributed by atoms with Crippen molar-refractivity contribution in [2.24, 2.45) is 0 Å². The highest BCUT2D eigenvalue weighted by Gasteiger charge is 2.38. The number of hydrogen-bond donors (Lipinski definition) is 0. The van der Waals surface area contributed by atoms with Gasteiger partial charge in [0.1, 0.15) is 19.0 Å². The second kappa shape index (κ2) is 9.20. The molecule has 1 aromatic carbocycles. The summed E-state index contributed by atoms with van der Waals surface area (Å²) < 4.78 is 71.6. The van der Waals surface area contributed by atoms with Crippen LogP contribution in [0.5, 0.6) is 11.6 Å².